The first-order valence-corrected chi connectivity index (χ1v) is 11.7. The topological polar surface area (TPSA) is 93.5 Å². The molecule has 0 aliphatic heterocycles. The summed E-state index contributed by atoms with van der Waals surface area (Å²) >= 11 is 1.31. The average Bonchev–Trinajstić information content (AvgIpc) is 3.15. The Hall–Kier alpha value is -3.57. The fourth-order valence-corrected chi connectivity index (χ4v) is 5.00. The van der Waals surface area contributed by atoms with Gasteiger partial charge in [0.1, 0.15) is 22.1 Å². The Bertz CT molecular complexity index is 1500. The SMILES string of the molecule is Cc1c(-c2ccc(Oc3ccc(OC(F)(F)F)cc3)cc2)sc2c1c(=O)[nH]c(=O)n2CC(C)(C)CO. The standard InChI is InChI=1S/C25H23F3N2O5S/c1-14-19-21(32)29-23(33)30(12-24(2,3)13-31)22(19)36-20(14)15-4-6-16(7-5-15)34-17-8-10-18(11-9-17)35-25(26,27)28/h4-11,31H,12-13H2,1-3H3,(H,29,32,33). The van der Waals surface area contributed by atoms with Gasteiger partial charge in [0.15, 0.2) is 0 Å². The van der Waals surface area contributed by atoms with Crippen LogP contribution in [0.4, 0.5) is 13.2 Å². The zero-order valence-electron chi connectivity index (χ0n) is 19.6. The smallest absolute Gasteiger partial charge is 0.457 e. The van der Waals surface area contributed by atoms with Gasteiger partial charge in [0, 0.05) is 23.4 Å². The molecule has 4 aromatic rings. The highest BCUT2D eigenvalue weighted by Gasteiger charge is 2.31. The number of ether oxygens (including phenoxy) is 2. The molecular formula is C25H23F3N2O5S. The quantitative estimate of drug-likeness (QED) is 0.339. The van der Waals surface area contributed by atoms with E-state index in [2.05, 4.69) is 9.72 Å². The summed E-state index contributed by atoms with van der Waals surface area (Å²) in [5.74, 6) is 0.445. The van der Waals surface area contributed by atoms with Crippen LogP contribution in [0.3, 0.4) is 0 Å². The van der Waals surface area contributed by atoms with E-state index in [1.54, 1.807) is 24.3 Å². The summed E-state index contributed by atoms with van der Waals surface area (Å²) in [6.45, 7) is 5.57. The van der Waals surface area contributed by atoms with E-state index in [1.165, 1.54) is 28.0 Å². The van der Waals surface area contributed by atoms with E-state index in [0.717, 1.165) is 28.1 Å². The number of aliphatic hydroxyl groups is 1. The van der Waals surface area contributed by atoms with Gasteiger partial charge in [0.05, 0.1) is 5.39 Å². The van der Waals surface area contributed by atoms with Crippen molar-refractivity contribution in [3.05, 3.63) is 74.9 Å². The van der Waals surface area contributed by atoms with E-state index in [1.807, 2.05) is 20.8 Å². The Morgan fingerprint density at radius 1 is 0.972 bits per heavy atom. The van der Waals surface area contributed by atoms with Gasteiger partial charge in [0.2, 0.25) is 0 Å². The number of aliphatic hydroxyl groups excluding tert-OH is 1. The van der Waals surface area contributed by atoms with Crippen molar-refractivity contribution < 1.29 is 27.8 Å². The third-order valence-corrected chi connectivity index (χ3v) is 6.85. The molecular weight excluding hydrogens is 497 g/mol. The molecule has 0 atom stereocenters. The number of aryl methyl sites for hydroxylation is 1. The number of thiophene rings is 1. The van der Waals surface area contributed by atoms with Crippen LogP contribution in [0.25, 0.3) is 20.7 Å². The van der Waals surface area contributed by atoms with Crippen molar-refractivity contribution in [1.82, 2.24) is 9.55 Å². The first-order chi connectivity index (χ1) is 16.9. The van der Waals surface area contributed by atoms with Crippen molar-refractivity contribution in [2.24, 2.45) is 5.41 Å². The molecule has 0 unspecified atom stereocenters. The molecule has 0 fully saturated rings. The van der Waals surface area contributed by atoms with E-state index in [9.17, 15) is 27.9 Å². The van der Waals surface area contributed by atoms with Crippen LogP contribution in [0.2, 0.25) is 0 Å². The van der Waals surface area contributed by atoms with Crippen molar-refractivity contribution >= 4 is 21.6 Å². The number of benzene rings is 2. The lowest BCUT2D eigenvalue weighted by Gasteiger charge is -2.22. The van der Waals surface area contributed by atoms with E-state index in [0.29, 0.717) is 21.7 Å². The minimum Gasteiger partial charge on any atom is -0.457 e. The number of rotatable bonds is 7. The Kier molecular flexibility index (Phi) is 6.72. The summed E-state index contributed by atoms with van der Waals surface area (Å²) in [5.41, 5.74) is -0.0398. The number of halogens is 3. The summed E-state index contributed by atoms with van der Waals surface area (Å²) in [5, 5.41) is 10.1. The molecule has 11 heteroatoms. The molecule has 0 bridgehead atoms. The summed E-state index contributed by atoms with van der Waals surface area (Å²) in [6, 6.07) is 12.0. The van der Waals surface area contributed by atoms with Crippen LogP contribution < -0.4 is 20.7 Å². The minimum atomic E-state index is -4.77. The summed E-state index contributed by atoms with van der Waals surface area (Å²) in [6.07, 6.45) is -4.77. The minimum absolute atomic E-state index is 0.128. The molecule has 2 aromatic carbocycles. The molecule has 2 heterocycles. The van der Waals surface area contributed by atoms with Gasteiger partial charge in [-0.3, -0.25) is 14.3 Å². The number of nitrogens with one attached hydrogen (secondary N) is 1. The Morgan fingerprint density at radius 3 is 2.08 bits per heavy atom. The van der Waals surface area contributed by atoms with E-state index < -0.39 is 23.0 Å². The molecule has 2 aromatic heterocycles. The average molecular weight is 521 g/mol. The van der Waals surface area contributed by atoms with Crippen LogP contribution in [-0.4, -0.2) is 27.6 Å². The number of alkyl halides is 3. The lowest BCUT2D eigenvalue weighted by molar-refractivity contribution is -0.274. The number of hydrogen-bond donors (Lipinski definition) is 2. The predicted octanol–water partition coefficient (Wildman–Crippen LogP) is 5.44. The molecule has 36 heavy (non-hydrogen) atoms. The number of fused-ring (bicyclic) bond motifs is 1. The van der Waals surface area contributed by atoms with Gasteiger partial charge in [-0.15, -0.1) is 24.5 Å². The van der Waals surface area contributed by atoms with Crippen molar-refractivity contribution in [3.63, 3.8) is 0 Å². The van der Waals surface area contributed by atoms with Gasteiger partial charge in [-0.05, 0) is 66.6 Å². The second-order valence-corrected chi connectivity index (χ2v) is 10.0. The molecule has 0 aliphatic carbocycles. The number of hydrogen-bond acceptors (Lipinski definition) is 6. The first kappa shape index (κ1) is 25.5. The van der Waals surface area contributed by atoms with Crippen molar-refractivity contribution in [2.45, 2.75) is 33.7 Å². The van der Waals surface area contributed by atoms with E-state index in [4.69, 9.17) is 4.74 Å². The lowest BCUT2D eigenvalue weighted by Crippen LogP contribution is -2.35. The molecule has 190 valence electrons. The van der Waals surface area contributed by atoms with Crippen LogP contribution >= 0.6 is 11.3 Å². The summed E-state index contributed by atoms with van der Waals surface area (Å²) < 4.78 is 48.0. The van der Waals surface area contributed by atoms with Gasteiger partial charge >= 0.3 is 12.1 Å². The molecule has 2 N–H and O–H groups in total. The molecule has 0 saturated heterocycles. The maximum absolute atomic E-state index is 12.6. The normalized spacial score (nSPS) is 12.2. The summed E-state index contributed by atoms with van der Waals surface area (Å²) in [4.78, 5) is 28.9. The highest BCUT2D eigenvalue weighted by atomic mass is 32.1. The van der Waals surface area contributed by atoms with Gasteiger partial charge in [-0.2, -0.15) is 0 Å². The monoisotopic (exact) mass is 520 g/mol. The van der Waals surface area contributed by atoms with Crippen LogP contribution in [0.1, 0.15) is 19.4 Å². The van der Waals surface area contributed by atoms with Crippen LogP contribution in [-0.2, 0) is 6.54 Å². The highest BCUT2D eigenvalue weighted by molar-refractivity contribution is 7.22. The van der Waals surface area contributed by atoms with Crippen LogP contribution in [0, 0.1) is 12.3 Å². The Morgan fingerprint density at radius 2 is 1.53 bits per heavy atom. The van der Waals surface area contributed by atoms with Gasteiger partial charge in [-0.1, -0.05) is 13.8 Å². The van der Waals surface area contributed by atoms with Crippen molar-refractivity contribution in [2.75, 3.05) is 6.61 Å². The second-order valence-electron chi connectivity index (χ2n) is 9.05. The number of H-pyrrole nitrogens is 1. The van der Waals surface area contributed by atoms with Crippen molar-refractivity contribution in [3.8, 4) is 27.7 Å². The van der Waals surface area contributed by atoms with Crippen LogP contribution in [0.15, 0.2) is 58.1 Å². The predicted molar refractivity (Wildman–Crippen MR) is 131 cm³/mol. The zero-order chi connectivity index (χ0) is 26.3. The molecule has 4 rings (SSSR count). The third kappa shape index (κ3) is 5.47. The van der Waals surface area contributed by atoms with E-state index in [-0.39, 0.29) is 18.9 Å². The Balaban J connectivity index is 1.63. The fourth-order valence-electron chi connectivity index (χ4n) is 3.69. The van der Waals surface area contributed by atoms with Crippen molar-refractivity contribution in [1.29, 1.82) is 0 Å². The first-order valence-electron chi connectivity index (χ1n) is 10.9. The molecule has 0 radical (unpaired) electrons. The molecule has 0 aliphatic rings. The fraction of sp³-hybridized carbons (Fsp3) is 0.280. The molecule has 7 nitrogen and oxygen atoms in total. The lowest BCUT2D eigenvalue weighted by atomic mass is 9.95. The van der Waals surface area contributed by atoms with Gasteiger partial charge in [-0.25, -0.2) is 4.79 Å². The summed E-state index contributed by atoms with van der Waals surface area (Å²) in [7, 11) is 0. The number of aromatic amines is 1. The maximum atomic E-state index is 12.6. The van der Waals surface area contributed by atoms with E-state index >= 15 is 0 Å². The maximum Gasteiger partial charge on any atom is 0.573 e. The van der Waals surface area contributed by atoms with Gasteiger partial charge in [0.25, 0.3) is 5.56 Å². The second kappa shape index (κ2) is 9.47. The molecule has 0 amide bonds. The Labute approximate surface area is 207 Å². The number of nitrogens with zero attached hydrogens (tertiary/aromatic N) is 1. The van der Waals surface area contributed by atoms with Crippen LogP contribution in [0.5, 0.6) is 17.2 Å². The number of aromatic nitrogens is 2. The molecule has 0 saturated carbocycles. The molecule has 0 spiro atoms. The largest absolute Gasteiger partial charge is 0.573 e. The van der Waals surface area contributed by atoms with Gasteiger partial charge < -0.3 is 14.6 Å². The zero-order valence-corrected chi connectivity index (χ0v) is 20.4. The highest BCUT2D eigenvalue weighted by Crippen LogP contribution is 2.38. The third-order valence-electron chi connectivity index (χ3n) is 5.49.